The molecular weight excluding hydrogens is 192 g/mol. The number of thioether (sulfide) groups is 1. The summed E-state index contributed by atoms with van der Waals surface area (Å²) in [6.45, 7) is 0.345. The first kappa shape index (κ1) is 10.0. The lowest BCUT2D eigenvalue weighted by Gasteiger charge is -2.07. The zero-order valence-corrected chi connectivity index (χ0v) is 7.62. The number of nitrogens with zero attached hydrogens (tertiary/aromatic N) is 2. The van der Waals surface area contributed by atoms with Crippen LogP contribution in [-0.2, 0) is 4.79 Å². The quantitative estimate of drug-likeness (QED) is 0.566. The van der Waals surface area contributed by atoms with Crippen LogP contribution in [0.2, 0.25) is 0 Å². The minimum absolute atomic E-state index is 0.345. The first-order valence-electron chi connectivity index (χ1n) is 3.69. The van der Waals surface area contributed by atoms with Gasteiger partial charge in [0.15, 0.2) is 5.16 Å². The van der Waals surface area contributed by atoms with Gasteiger partial charge in [-0.05, 0) is 13.0 Å². The van der Waals surface area contributed by atoms with Crippen molar-refractivity contribution in [1.29, 1.82) is 0 Å². The first-order valence-corrected chi connectivity index (χ1v) is 4.57. The van der Waals surface area contributed by atoms with E-state index in [1.54, 1.807) is 0 Å². The number of rotatable bonds is 5. The molecule has 0 spiro atoms. The summed E-state index contributed by atoms with van der Waals surface area (Å²) >= 11 is 1.12. The minimum atomic E-state index is -0.883. The summed E-state index contributed by atoms with van der Waals surface area (Å²) < 4.78 is 0. The number of aliphatic carboxylic acids is 1. The van der Waals surface area contributed by atoms with Crippen molar-refractivity contribution in [3.05, 3.63) is 6.33 Å². The Balaban J connectivity index is 2.52. The number of carboxylic acid groups (broad SMARTS) is 1. The van der Waals surface area contributed by atoms with Crippen LogP contribution >= 0.6 is 11.8 Å². The van der Waals surface area contributed by atoms with E-state index in [-0.39, 0.29) is 0 Å². The Hall–Kier alpha value is -1.08. The van der Waals surface area contributed by atoms with Gasteiger partial charge in [-0.25, -0.2) is 4.98 Å². The maximum Gasteiger partial charge on any atom is 0.317 e. The highest BCUT2D eigenvalue weighted by Gasteiger charge is 2.18. The lowest BCUT2D eigenvalue weighted by Crippen LogP contribution is -2.20. The van der Waals surface area contributed by atoms with Gasteiger partial charge in [0.05, 0.1) is 0 Å². The third-order valence-corrected chi connectivity index (χ3v) is 2.49. The maximum absolute atomic E-state index is 10.7. The van der Waals surface area contributed by atoms with Gasteiger partial charge in [0.25, 0.3) is 0 Å². The summed E-state index contributed by atoms with van der Waals surface area (Å²) in [7, 11) is 0. The van der Waals surface area contributed by atoms with Crippen LogP contribution in [0.25, 0.3) is 0 Å². The smallest absolute Gasteiger partial charge is 0.317 e. The van der Waals surface area contributed by atoms with Gasteiger partial charge in [-0.15, -0.1) is 0 Å². The predicted octanol–water partition coefficient (Wildman–Crippen LogP) is -0.301. The van der Waals surface area contributed by atoms with E-state index in [0.717, 1.165) is 11.8 Å². The molecule has 0 aliphatic rings. The zero-order chi connectivity index (χ0) is 9.68. The van der Waals surface area contributed by atoms with E-state index in [9.17, 15) is 4.79 Å². The average molecular weight is 202 g/mol. The Morgan fingerprint density at radius 2 is 2.62 bits per heavy atom. The molecule has 0 amide bonds. The van der Waals surface area contributed by atoms with Crippen molar-refractivity contribution in [2.75, 3.05) is 6.54 Å². The van der Waals surface area contributed by atoms with Crippen LogP contribution < -0.4 is 5.73 Å². The number of nitrogens with two attached hydrogens (primary N) is 1. The summed E-state index contributed by atoms with van der Waals surface area (Å²) in [5.41, 5.74) is 5.27. The van der Waals surface area contributed by atoms with Crippen molar-refractivity contribution in [2.45, 2.75) is 16.8 Å². The molecule has 72 valence electrons. The molecule has 0 fully saturated rings. The molecule has 0 radical (unpaired) electrons. The number of aromatic amines is 1. The maximum atomic E-state index is 10.7. The van der Waals surface area contributed by atoms with Crippen molar-refractivity contribution in [2.24, 2.45) is 5.73 Å². The highest BCUT2D eigenvalue weighted by molar-refractivity contribution is 8.00. The molecule has 0 bridgehead atoms. The van der Waals surface area contributed by atoms with Crippen LogP contribution in [0, 0.1) is 0 Å². The summed E-state index contributed by atoms with van der Waals surface area (Å²) in [5.74, 6) is -0.883. The number of carbonyl (C=O) groups is 1. The van der Waals surface area contributed by atoms with Gasteiger partial charge in [-0.1, -0.05) is 11.8 Å². The van der Waals surface area contributed by atoms with Gasteiger partial charge < -0.3 is 10.8 Å². The molecule has 0 aliphatic carbocycles. The molecule has 1 heterocycles. The monoisotopic (exact) mass is 202 g/mol. The molecule has 4 N–H and O–H groups in total. The Morgan fingerprint density at radius 3 is 3.08 bits per heavy atom. The highest BCUT2D eigenvalue weighted by Crippen LogP contribution is 2.20. The molecule has 0 aromatic carbocycles. The fraction of sp³-hybridized carbons (Fsp3) is 0.500. The average Bonchev–Trinajstić information content (AvgIpc) is 2.56. The topological polar surface area (TPSA) is 105 Å². The van der Waals surface area contributed by atoms with Crippen LogP contribution in [0.5, 0.6) is 0 Å². The van der Waals surface area contributed by atoms with Crippen LogP contribution in [0.15, 0.2) is 11.5 Å². The van der Waals surface area contributed by atoms with Crippen LogP contribution in [-0.4, -0.2) is 38.1 Å². The van der Waals surface area contributed by atoms with Gasteiger partial charge in [-0.3, -0.25) is 9.89 Å². The zero-order valence-electron chi connectivity index (χ0n) is 6.80. The fourth-order valence-corrected chi connectivity index (χ4v) is 1.61. The van der Waals surface area contributed by atoms with Crippen molar-refractivity contribution in [1.82, 2.24) is 15.2 Å². The van der Waals surface area contributed by atoms with E-state index in [1.165, 1.54) is 6.33 Å². The van der Waals surface area contributed by atoms with Crippen LogP contribution in [0.4, 0.5) is 0 Å². The molecule has 6 nitrogen and oxygen atoms in total. The molecule has 13 heavy (non-hydrogen) atoms. The van der Waals surface area contributed by atoms with Gasteiger partial charge in [0.2, 0.25) is 0 Å². The molecule has 1 rings (SSSR count). The summed E-state index contributed by atoms with van der Waals surface area (Å²) in [6, 6.07) is 0. The molecule has 0 saturated heterocycles. The second kappa shape index (κ2) is 4.83. The van der Waals surface area contributed by atoms with E-state index in [1.807, 2.05) is 0 Å². The largest absolute Gasteiger partial charge is 0.480 e. The number of nitrogens with one attached hydrogen (secondary N) is 1. The predicted molar refractivity (Wildman–Crippen MR) is 47.3 cm³/mol. The van der Waals surface area contributed by atoms with E-state index in [2.05, 4.69) is 15.2 Å². The Morgan fingerprint density at radius 1 is 1.85 bits per heavy atom. The van der Waals surface area contributed by atoms with Gasteiger partial charge in [-0.2, -0.15) is 5.10 Å². The number of aromatic nitrogens is 3. The number of H-pyrrole nitrogens is 1. The number of hydrogen-bond acceptors (Lipinski definition) is 5. The van der Waals surface area contributed by atoms with E-state index in [4.69, 9.17) is 10.8 Å². The molecule has 1 aromatic heterocycles. The SMILES string of the molecule is NCCC(Sc1ncn[nH]1)C(=O)O. The standard InChI is InChI=1S/C6H10N4O2S/c7-2-1-4(5(11)12)13-6-8-3-9-10-6/h3-4H,1-2,7H2,(H,11,12)(H,8,9,10). The summed E-state index contributed by atoms with van der Waals surface area (Å²) in [6.07, 6.45) is 1.75. The normalized spacial score (nSPS) is 12.7. The third-order valence-electron chi connectivity index (χ3n) is 1.35. The molecule has 1 atom stereocenters. The van der Waals surface area contributed by atoms with E-state index in [0.29, 0.717) is 18.1 Å². The van der Waals surface area contributed by atoms with Crippen molar-refractivity contribution in [3.63, 3.8) is 0 Å². The van der Waals surface area contributed by atoms with Gasteiger partial charge in [0, 0.05) is 0 Å². The highest BCUT2D eigenvalue weighted by atomic mass is 32.2. The van der Waals surface area contributed by atoms with Crippen molar-refractivity contribution in [3.8, 4) is 0 Å². The number of hydrogen-bond donors (Lipinski definition) is 3. The van der Waals surface area contributed by atoms with E-state index >= 15 is 0 Å². The second-order valence-corrected chi connectivity index (χ2v) is 3.50. The first-order chi connectivity index (χ1) is 6.24. The molecule has 0 aliphatic heterocycles. The van der Waals surface area contributed by atoms with Crippen molar-refractivity contribution < 1.29 is 9.90 Å². The summed E-state index contributed by atoms with van der Waals surface area (Å²) in [5, 5.41) is 14.9. The second-order valence-electron chi connectivity index (χ2n) is 2.31. The summed E-state index contributed by atoms with van der Waals surface area (Å²) in [4.78, 5) is 14.5. The Kier molecular flexibility index (Phi) is 3.71. The lowest BCUT2D eigenvalue weighted by atomic mass is 10.3. The third kappa shape index (κ3) is 3.03. The molecular formula is C6H10N4O2S. The molecule has 1 aromatic rings. The lowest BCUT2D eigenvalue weighted by molar-refractivity contribution is -0.136. The molecule has 0 saturated carbocycles. The Bertz CT molecular complexity index is 264. The van der Waals surface area contributed by atoms with E-state index < -0.39 is 11.2 Å². The van der Waals surface area contributed by atoms with Crippen LogP contribution in [0.1, 0.15) is 6.42 Å². The Labute approximate surface area is 78.9 Å². The van der Waals surface area contributed by atoms with Gasteiger partial charge >= 0.3 is 5.97 Å². The van der Waals surface area contributed by atoms with Crippen LogP contribution in [0.3, 0.4) is 0 Å². The molecule has 1 unspecified atom stereocenters. The van der Waals surface area contributed by atoms with Crippen molar-refractivity contribution >= 4 is 17.7 Å². The molecule has 7 heteroatoms. The van der Waals surface area contributed by atoms with Gasteiger partial charge in [0.1, 0.15) is 11.6 Å². The minimum Gasteiger partial charge on any atom is -0.480 e. The fourth-order valence-electron chi connectivity index (χ4n) is 0.770. The number of carboxylic acids is 1.